The molecule has 43 heavy (non-hydrogen) atoms. The van der Waals surface area contributed by atoms with Gasteiger partial charge in [-0.05, 0) is 75.4 Å². The number of carbonyl (C=O) groups excluding carboxylic acids is 1. The zero-order valence-electron chi connectivity index (χ0n) is 24.4. The number of hydrogen-bond donors (Lipinski definition) is 1. The van der Waals surface area contributed by atoms with Crippen molar-refractivity contribution in [3.05, 3.63) is 47.5 Å². The lowest BCUT2D eigenvalue weighted by Crippen LogP contribution is -2.46. The number of ether oxygens (including phenoxy) is 1. The largest absolute Gasteiger partial charge is 0.492 e. The number of fused-ring (bicyclic) bond motifs is 1. The van der Waals surface area contributed by atoms with Crippen molar-refractivity contribution in [1.29, 1.82) is 0 Å². The minimum absolute atomic E-state index is 0.120. The molecule has 4 heterocycles. The van der Waals surface area contributed by atoms with Crippen molar-refractivity contribution < 1.29 is 32.1 Å². The van der Waals surface area contributed by atoms with E-state index < -0.39 is 16.1 Å². The van der Waals surface area contributed by atoms with Gasteiger partial charge in [0.05, 0.1) is 36.6 Å². The van der Waals surface area contributed by atoms with Crippen molar-refractivity contribution in [2.24, 2.45) is 5.92 Å². The second-order valence-electron chi connectivity index (χ2n) is 11.7. The number of rotatable bonds is 9. The number of amides is 1. The molecule has 1 aromatic carbocycles. The second kappa shape index (κ2) is 12.4. The Labute approximate surface area is 250 Å². The minimum atomic E-state index is -4.06. The number of carbonyl (C=O) groups is 1. The molecule has 1 unspecified atom stereocenters. The molecular formula is C29H37FN6O6S. The predicted octanol–water partition coefficient (Wildman–Crippen LogP) is 3.17. The molecule has 0 radical (unpaired) electrons. The average molecular weight is 617 g/mol. The first-order valence-electron chi connectivity index (χ1n) is 14.7. The van der Waals surface area contributed by atoms with E-state index in [-0.39, 0.29) is 17.4 Å². The molecule has 1 N–H and O–H groups in total. The summed E-state index contributed by atoms with van der Waals surface area (Å²) in [4.78, 5) is 30.5. The summed E-state index contributed by atoms with van der Waals surface area (Å²) in [6.07, 6.45) is 5.86. The van der Waals surface area contributed by atoms with Gasteiger partial charge in [-0.2, -0.15) is 17.8 Å². The SMILES string of the molecule is CN(C)S(=O)(=O)NC(=O)c1cc(OCC2CCN(C3CCOOC3)CC2)c2c(C3CCC3)nn(-c3ccc(F)cc3)c2n1. The molecule has 3 fully saturated rings. The third-order valence-electron chi connectivity index (χ3n) is 8.64. The Kier molecular flexibility index (Phi) is 8.65. The summed E-state index contributed by atoms with van der Waals surface area (Å²) in [5.41, 5.74) is 1.62. The summed E-state index contributed by atoms with van der Waals surface area (Å²) in [7, 11) is -1.40. The lowest BCUT2D eigenvalue weighted by Gasteiger charge is -2.38. The van der Waals surface area contributed by atoms with Crippen molar-refractivity contribution in [3.8, 4) is 11.4 Å². The fourth-order valence-corrected chi connectivity index (χ4v) is 6.28. The van der Waals surface area contributed by atoms with Crippen molar-refractivity contribution in [2.75, 3.05) is 47.0 Å². The number of benzene rings is 1. The molecule has 1 saturated carbocycles. The molecule has 0 spiro atoms. The van der Waals surface area contributed by atoms with Crippen molar-refractivity contribution in [1.82, 2.24) is 28.7 Å². The molecule has 232 valence electrons. The van der Waals surface area contributed by atoms with E-state index in [1.165, 1.54) is 32.3 Å². The van der Waals surface area contributed by atoms with Gasteiger partial charge in [-0.1, -0.05) is 6.42 Å². The summed E-state index contributed by atoms with van der Waals surface area (Å²) in [6, 6.07) is 7.72. The first-order chi connectivity index (χ1) is 20.7. The van der Waals surface area contributed by atoms with Gasteiger partial charge in [-0.3, -0.25) is 9.69 Å². The smallest absolute Gasteiger partial charge is 0.303 e. The standard InChI is InChI=1S/C29H37FN6O6S/c1-34(2)43(38,39)33-29(37)24-16-25(40-17-19-10-13-35(14-11-19)23-12-15-41-42-18-23)26-27(20-4-3-5-20)32-36(28(26)31-24)22-8-6-21(30)7-9-22/h6-9,16,19-20,23H,3-5,10-15,17-18H2,1-2H3,(H,33,37). The lowest BCUT2D eigenvalue weighted by molar-refractivity contribution is -0.324. The number of nitrogens with one attached hydrogen (secondary N) is 1. The van der Waals surface area contributed by atoms with Crippen LogP contribution >= 0.6 is 0 Å². The van der Waals surface area contributed by atoms with E-state index in [4.69, 9.17) is 19.6 Å². The molecule has 0 bridgehead atoms. The van der Waals surface area contributed by atoms with Crippen LogP contribution in [0.4, 0.5) is 4.39 Å². The van der Waals surface area contributed by atoms with Crippen LogP contribution in [-0.2, 0) is 20.0 Å². The summed E-state index contributed by atoms with van der Waals surface area (Å²) in [5.74, 6) is -0.337. The highest BCUT2D eigenvalue weighted by Gasteiger charge is 2.32. The van der Waals surface area contributed by atoms with Gasteiger partial charge in [-0.25, -0.2) is 28.6 Å². The molecule has 3 aliphatic rings. The Hall–Kier alpha value is -3.17. The number of pyridine rings is 1. The summed E-state index contributed by atoms with van der Waals surface area (Å²) < 4.78 is 49.7. The third kappa shape index (κ3) is 6.38. The van der Waals surface area contributed by atoms with Crippen LogP contribution in [-0.4, -0.2) is 91.3 Å². The number of piperidine rings is 1. The lowest BCUT2D eigenvalue weighted by atomic mass is 9.82. The fraction of sp³-hybridized carbons (Fsp3) is 0.552. The van der Waals surface area contributed by atoms with Crippen LogP contribution in [0.15, 0.2) is 30.3 Å². The fourth-order valence-electron chi connectivity index (χ4n) is 5.76. The minimum Gasteiger partial charge on any atom is -0.492 e. The molecular weight excluding hydrogens is 579 g/mol. The normalized spacial score (nSPS) is 20.8. The van der Waals surface area contributed by atoms with Crippen LogP contribution in [0, 0.1) is 11.7 Å². The number of halogens is 1. The van der Waals surface area contributed by atoms with Gasteiger partial charge < -0.3 is 4.74 Å². The predicted molar refractivity (Wildman–Crippen MR) is 156 cm³/mol. The molecule has 2 aliphatic heterocycles. The van der Waals surface area contributed by atoms with Gasteiger partial charge >= 0.3 is 10.2 Å². The zero-order chi connectivity index (χ0) is 30.1. The van der Waals surface area contributed by atoms with Gasteiger partial charge in [0.2, 0.25) is 0 Å². The maximum Gasteiger partial charge on any atom is 0.303 e. The molecule has 1 atom stereocenters. The van der Waals surface area contributed by atoms with Crippen LogP contribution in [0.3, 0.4) is 0 Å². The first kappa shape index (κ1) is 29.9. The molecule has 14 heteroatoms. The quantitative estimate of drug-likeness (QED) is 0.361. The first-order valence-corrected chi connectivity index (χ1v) is 16.2. The van der Waals surface area contributed by atoms with Crippen LogP contribution in [0.1, 0.15) is 60.6 Å². The zero-order valence-corrected chi connectivity index (χ0v) is 25.2. The molecule has 12 nitrogen and oxygen atoms in total. The van der Waals surface area contributed by atoms with E-state index in [0.29, 0.717) is 54.3 Å². The Morgan fingerprint density at radius 3 is 2.49 bits per heavy atom. The van der Waals surface area contributed by atoms with Gasteiger partial charge in [0.15, 0.2) is 5.65 Å². The number of hydrogen-bond acceptors (Lipinski definition) is 9. The van der Waals surface area contributed by atoms with Crippen LogP contribution < -0.4 is 9.46 Å². The van der Waals surface area contributed by atoms with E-state index in [2.05, 4.69) is 14.6 Å². The maximum atomic E-state index is 13.8. The summed E-state index contributed by atoms with van der Waals surface area (Å²) in [5, 5.41) is 5.59. The maximum absolute atomic E-state index is 13.8. The number of likely N-dealkylation sites (tertiary alicyclic amines) is 1. The third-order valence-corrected chi connectivity index (χ3v) is 10.0. The van der Waals surface area contributed by atoms with Crippen LogP contribution in [0.5, 0.6) is 5.75 Å². The van der Waals surface area contributed by atoms with E-state index in [1.807, 2.05) is 0 Å². The second-order valence-corrected chi connectivity index (χ2v) is 13.5. The highest BCUT2D eigenvalue weighted by atomic mass is 32.2. The molecule has 6 rings (SSSR count). The van der Waals surface area contributed by atoms with Crippen molar-refractivity contribution in [2.45, 2.75) is 50.5 Å². The highest BCUT2D eigenvalue weighted by molar-refractivity contribution is 7.87. The topological polar surface area (TPSA) is 128 Å². The Morgan fingerprint density at radius 2 is 1.86 bits per heavy atom. The molecule has 1 aliphatic carbocycles. The molecule has 2 aromatic heterocycles. The highest BCUT2D eigenvalue weighted by Crippen LogP contribution is 2.42. The molecule has 3 aromatic rings. The van der Waals surface area contributed by atoms with E-state index >= 15 is 0 Å². The Balaban J connectivity index is 1.33. The average Bonchev–Trinajstić information content (AvgIpc) is 3.35. The van der Waals surface area contributed by atoms with Gasteiger partial charge in [0, 0.05) is 32.1 Å². The van der Waals surface area contributed by atoms with Gasteiger partial charge in [-0.15, -0.1) is 0 Å². The van der Waals surface area contributed by atoms with Crippen LogP contribution in [0.25, 0.3) is 16.7 Å². The van der Waals surface area contributed by atoms with Crippen molar-refractivity contribution in [3.63, 3.8) is 0 Å². The van der Waals surface area contributed by atoms with Gasteiger partial charge in [0.25, 0.3) is 5.91 Å². The molecule has 2 saturated heterocycles. The van der Waals surface area contributed by atoms with E-state index in [0.717, 1.165) is 61.6 Å². The molecule has 1 amide bonds. The van der Waals surface area contributed by atoms with E-state index in [1.54, 1.807) is 16.8 Å². The van der Waals surface area contributed by atoms with Crippen LogP contribution in [0.2, 0.25) is 0 Å². The van der Waals surface area contributed by atoms with Crippen molar-refractivity contribution >= 4 is 27.1 Å². The monoisotopic (exact) mass is 616 g/mol. The summed E-state index contributed by atoms with van der Waals surface area (Å²) >= 11 is 0. The number of nitrogens with zero attached hydrogens (tertiary/aromatic N) is 5. The summed E-state index contributed by atoms with van der Waals surface area (Å²) in [6.45, 7) is 3.47. The van der Waals surface area contributed by atoms with Gasteiger partial charge in [0.1, 0.15) is 17.3 Å². The Morgan fingerprint density at radius 1 is 1.12 bits per heavy atom. The van der Waals surface area contributed by atoms with E-state index in [9.17, 15) is 17.6 Å². The number of aromatic nitrogens is 3. The Bertz CT molecular complexity index is 1560.